The topological polar surface area (TPSA) is 29.5 Å². The molecule has 1 aliphatic heterocycles. The van der Waals surface area contributed by atoms with E-state index in [1.165, 1.54) is 11.1 Å². The molecule has 2 aromatic carbocycles. The summed E-state index contributed by atoms with van der Waals surface area (Å²) in [7, 11) is 0. The highest BCUT2D eigenvalue weighted by Crippen LogP contribution is 2.18. The minimum Gasteiger partial charge on any atom is -0.462 e. The molecule has 2 aromatic rings. The van der Waals surface area contributed by atoms with Crippen molar-refractivity contribution in [1.29, 1.82) is 0 Å². The third kappa shape index (κ3) is 3.74. The van der Waals surface area contributed by atoms with E-state index in [-0.39, 0.29) is 5.97 Å². The number of benzene rings is 2. The molecular formula is C19H21NO2. The van der Waals surface area contributed by atoms with Crippen LogP contribution in [0.2, 0.25) is 0 Å². The predicted octanol–water partition coefficient (Wildman–Crippen LogP) is 3.29. The first-order valence-corrected chi connectivity index (χ1v) is 7.84. The fourth-order valence-corrected chi connectivity index (χ4v) is 2.86. The molecule has 0 saturated carbocycles. The second-order valence-electron chi connectivity index (χ2n) is 5.65. The van der Waals surface area contributed by atoms with E-state index in [1.807, 2.05) is 18.2 Å². The van der Waals surface area contributed by atoms with Gasteiger partial charge < -0.3 is 4.74 Å². The Hall–Kier alpha value is -2.13. The highest BCUT2D eigenvalue weighted by atomic mass is 16.5. The maximum Gasteiger partial charge on any atom is 0.338 e. The molecule has 0 amide bonds. The molecule has 3 nitrogen and oxygen atoms in total. The lowest BCUT2D eigenvalue weighted by molar-refractivity contribution is 0.0486. The van der Waals surface area contributed by atoms with E-state index in [9.17, 15) is 4.79 Å². The summed E-state index contributed by atoms with van der Waals surface area (Å²) < 4.78 is 5.32. The van der Waals surface area contributed by atoms with Gasteiger partial charge in [-0.2, -0.15) is 0 Å². The SMILES string of the molecule is O=C(OCCCN1CCc2ccccc2C1)c1ccccc1. The van der Waals surface area contributed by atoms with Gasteiger partial charge in [0.05, 0.1) is 12.2 Å². The summed E-state index contributed by atoms with van der Waals surface area (Å²) in [4.78, 5) is 14.3. The monoisotopic (exact) mass is 295 g/mol. The zero-order valence-corrected chi connectivity index (χ0v) is 12.7. The van der Waals surface area contributed by atoms with Crippen molar-refractivity contribution in [2.45, 2.75) is 19.4 Å². The summed E-state index contributed by atoms with van der Waals surface area (Å²) >= 11 is 0. The minimum atomic E-state index is -0.232. The van der Waals surface area contributed by atoms with Gasteiger partial charge in [-0.25, -0.2) is 4.79 Å². The Morgan fingerprint density at radius 1 is 1.00 bits per heavy atom. The first-order valence-electron chi connectivity index (χ1n) is 7.84. The third-order valence-corrected chi connectivity index (χ3v) is 4.07. The molecule has 0 aliphatic carbocycles. The molecule has 0 aromatic heterocycles. The Balaban J connectivity index is 1.40. The molecule has 0 fully saturated rings. The first-order chi connectivity index (χ1) is 10.8. The molecule has 114 valence electrons. The van der Waals surface area contributed by atoms with Crippen LogP contribution in [0.25, 0.3) is 0 Å². The Labute approximate surface area is 131 Å². The molecular weight excluding hydrogens is 274 g/mol. The number of esters is 1. The zero-order chi connectivity index (χ0) is 15.2. The Morgan fingerprint density at radius 3 is 2.55 bits per heavy atom. The number of carbonyl (C=O) groups excluding carboxylic acids is 1. The van der Waals surface area contributed by atoms with Crippen molar-refractivity contribution in [1.82, 2.24) is 4.90 Å². The Bertz CT molecular complexity index is 624. The van der Waals surface area contributed by atoms with E-state index in [1.54, 1.807) is 12.1 Å². The summed E-state index contributed by atoms with van der Waals surface area (Å²) in [6.07, 6.45) is 1.99. The number of hydrogen-bond donors (Lipinski definition) is 0. The number of carbonyl (C=O) groups is 1. The van der Waals surface area contributed by atoms with E-state index >= 15 is 0 Å². The van der Waals surface area contributed by atoms with Gasteiger partial charge in [0.15, 0.2) is 0 Å². The van der Waals surface area contributed by atoms with Gasteiger partial charge in [-0.05, 0) is 36.1 Å². The van der Waals surface area contributed by atoms with E-state index in [0.717, 1.165) is 32.5 Å². The second-order valence-corrected chi connectivity index (χ2v) is 5.65. The molecule has 0 unspecified atom stereocenters. The molecule has 1 heterocycles. The Morgan fingerprint density at radius 2 is 1.73 bits per heavy atom. The summed E-state index contributed by atoms with van der Waals surface area (Å²) in [6.45, 7) is 3.54. The van der Waals surface area contributed by atoms with Crippen molar-refractivity contribution in [2.75, 3.05) is 19.7 Å². The van der Waals surface area contributed by atoms with Crippen LogP contribution in [-0.4, -0.2) is 30.6 Å². The Kier molecular flexibility index (Phi) is 4.86. The fourth-order valence-electron chi connectivity index (χ4n) is 2.86. The molecule has 3 rings (SSSR count). The van der Waals surface area contributed by atoms with E-state index in [4.69, 9.17) is 4.74 Å². The molecule has 3 heteroatoms. The van der Waals surface area contributed by atoms with E-state index in [0.29, 0.717) is 12.2 Å². The lowest BCUT2D eigenvalue weighted by Gasteiger charge is -2.28. The number of fused-ring (bicyclic) bond motifs is 1. The molecule has 0 radical (unpaired) electrons. The van der Waals surface area contributed by atoms with Crippen LogP contribution in [0.15, 0.2) is 54.6 Å². The average Bonchev–Trinajstić information content (AvgIpc) is 2.59. The average molecular weight is 295 g/mol. The zero-order valence-electron chi connectivity index (χ0n) is 12.7. The van der Waals surface area contributed by atoms with Crippen molar-refractivity contribution in [3.63, 3.8) is 0 Å². The molecule has 0 saturated heterocycles. The van der Waals surface area contributed by atoms with E-state index < -0.39 is 0 Å². The van der Waals surface area contributed by atoms with Crippen LogP contribution in [-0.2, 0) is 17.7 Å². The largest absolute Gasteiger partial charge is 0.462 e. The first kappa shape index (κ1) is 14.8. The van der Waals surface area contributed by atoms with Crippen molar-refractivity contribution >= 4 is 5.97 Å². The second kappa shape index (κ2) is 7.23. The molecule has 22 heavy (non-hydrogen) atoms. The fraction of sp³-hybridized carbons (Fsp3) is 0.316. The van der Waals surface area contributed by atoms with Crippen LogP contribution < -0.4 is 0 Å². The normalized spacial score (nSPS) is 14.4. The van der Waals surface area contributed by atoms with Crippen molar-refractivity contribution < 1.29 is 9.53 Å². The number of rotatable bonds is 5. The number of nitrogens with zero attached hydrogens (tertiary/aromatic N) is 1. The standard InChI is InChI=1S/C19H21NO2/c21-19(17-8-2-1-3-9-17)22-14-6-12-20-13-11-16-7-4-5-10-18(16)15-20/h1-5,7-10H,6,11-15H2. The predicted molar refractivity (Wildman–Crippen MR) is 86.8 cm³/mol. The summed E-state index contributed by atoms with van der Waals surface area (Å²) in [6, 6.07) is 17.8. The lowest BCUT2D eigenvalue weighted by atomic mass is 10.00. The molecule has 0 N–H and O–H groups in total. The van der Waals surface area contributed by atoms with Crippen molar-refractivity contribution in [2.24, 2.45) is 0 Å². The van der Waals surface area contributed by atoms with Crippen molar-refractivity contribution in [3.05, 3.63) is 71.3 Å². The highest BCUT2D eigenvalue weighted by Gasteiger charge is 2.15. The van der Waals surface area contributed by atoms with Gasteiger partial charge in [0.1, 0.15) is 0 Å². The van der Waals surface area contributed by atoms with Gasteiger partial charge in [-0.15, -0.1) is 0 Å². The summed E-state index contributed by atoms with van der Waals surface area (Å²) in [5, 5.41) is 0. The van der Waals surface area contributed by atoms with E-state index in [2.05, 4.69) is 29.2 Å². The summed E-state index contributed by atoms with van der Waals surface area (Å²) in [5.74, 6) is -0.232. The maximum absolute atomic E-state index is 11.8. The quantitative estimate of drug-likeness (QED) is 0.626. The molecule has 0 spiro atoms. The molecule has 0 atom stereocenters. The van der Waals surface area contributed by atoms with Crippen LogP contribution in [0.5, 0.6) is 0 Å². The highest BCUT2D eigenvalue weighted by molar-refractivity contribution is 5.89. The number of hydrogen-bond acceptors (Lipinski definition) is 3. The van der Waals surface area contributed by atoms with Crippen molar-refractivity contribution in [3.8, 4) is 0 Å². The van der Waals surface area contributed by atoms with Gasteiger partial charge >= 0.3 is 5.97 Å². The van der Waals surface area contributed by atoms with Gasteiger partial charge in [-0.3, -0.25) is 4.90 Å². The van der Waals surface area contributed by atoms with Gasteiger partial charge in [0.25, 0.3) is 0 Å². The van der Waals surface area contributed by atoms with Crippen LogP contribution in [0.1, 0.15) is 27.9 Å². The smallest absolute Gasteiger partial charge is 0.338 e. The third-order valence-electron chi connectivity index (χ3n) is 4.07. The lowest BCUT2D eigenvalue weighted by Crippen LogP contribution is -2.31. The molecule has 1 aliphatic rings. The van der Waals surface area contributed by atoms with Gasteiger partial charge in [0, 0.05) is 19.6 Å². The van der Waals surface area contributed by atoms with Crippen LogP contribution in [0.3, 0.4) is 0 Å². The van der Waals surface area contributed by atoms with Gasteiger partial charge in [-0.1, -0.05) is 42.5 Å². The van der Waals surface area contributed by atoms with Crippen LogP contribution in [0.4, 0.5) is 0 Å². The maximum atomic E-state index is 11.8. The minimum absolute atomic E-state index is 0.232. The van der Waals surface area contributed by atoms with Crippen LogP contribution in [0, 0.1) is 0 Å². The number of ether oxygens (including phenoxy) is 1. The van der Waals surface area contributed by atoms with Gasteiger partial charge in [0.2, 0.25) is 0 Å². The van der Waals surface area contributed by atoms with Crippen LogP contribution >= 0.6 is 0 Å². The summed E-state index contributed by atoms with van der Waals surface area (Å²) in [5.41, 5.74) is 3.51. The molecule has 0 bridgehead atoms.